The molecule has 2 nitrogen and oxygen atoms in total. The maximum absolute atomic E-state index is 6.26. The molecule has 0 unspecified atom stereocenters. The minimum Gasteiger partial charge on any atom is -0.369 e. The van der Waals surface area contributed by atoms with Crippen LogP contribution in [0.3, 0.4) is 0 Å². The molecule has 0 amide bonds. The van der Waals surface area contributed by atoms with Gasteiger partial charge in [-0.25, -0.2) is 0 Å². The van der Waals surface area contributed by atoms with Crippen molar-refractivity contribution in [2.75, 3.05) is 13.1 Å². The first-order valence-electron chi connectivity index (χ1n) is 7.20. The van der Waals surface area contributed by atoms with Crippen LogP contribution in [-0.2, 0) is 11.3 Å². The largest absolute Gasteiger partial charge is 0.369 e. The van der Waals surface area contributed by atoms with Crippen molar-refractivity contribution in [1.29, 1.82) is 0 Å². The number of hydrogen-bond acceptors (Lipinski definition) is 2. The fourth-order valence-corrected chi connectivity index (χ4v) is 3.59. The fourth-order valence-electron chi connectivity index (χ4n) is 3.59. The van der Waals surface area contributed by atoms with Gasteiger partial charge in [0.15, 0.2) is 0 Å². The van der Waals surface area contributed by atoms with Gasteiger partial charge in [0.25, 0.3) is 0 Å². The second kappa shape index (κ2) is 5.02. The van der Waals surface area contributed by atoms with Crippen LogP contribution >= 0.6 is 0 Å². The summed E-state index contributed by atoms with van der Waals surface area (Å²) in [7, 11) is 0. The zero-order chi connectivity index (χ0) is 12.4. The average Bonchev–Trinajstić information content (AvgIpc) is 2.77. The van der Waals surface area contributed by atoms with E-state index in [0.717, 1.165) is 19.6 Å². The predicted molar refractivity (Wildman–Crippen MR) is 73.5 cm³/mol. The molecule has 2 aliphatic rings. The topological polar surface area (TPSA) is 12.5 Å². The first-order valence-corrected chi connectivity index (χ1v) is 7.20. The van der Waals surface area contributed by atoms with Crippen LogP contribution in [0.2, 0.25) is 0 Å². The van der Waals surface area contributed by atoms with E-state index in [-0.39, 0.29) is 5.60 Å². The molecule has 1 spiro atoms. The van der Waals surface area contributed by atoms with Crippen molar-refractivity contribution in [2.24, 2.45) is 0 Å². The molecule has 0 bridgehead atoms. The molecule has 0 aromatic heterocycles. The zero-order valence-electron chi connectivity index (χ0n) is 11.3. The van der Waals surface area contributed by atoms with E-state index in [1.54, 1.807) is 0 Å². The van der Waals surface area contributed by atoms with Gasteiger partial charge in [-0.2, -0.15) is 0 Å². The molecule has 1 aliphatic carbocycles. The maximum Gasteiger partial charge on any atom is 0.0813 e. The van der Waals surface area contributed by atoms with Crippen molar-refractivity contribution in [3.8, 4) is 0 Å². The quantitative estimate of drug-likeness (QED) is 0.793. The number of morpholine rings is 1. The van der Waals surface area contributed by atoms with Crippen LogP contribution in [0.15, 0.2) is 30.3 Å². The first-order chi connectivity index (χ1) is 8.76. The highest BCUT2D eigenvalue weighted by molar-refractivity contribution is 5.14. The smallest absolute Gasteiger partial charge is 0.0813 e. The van der Waals surface area contributed by atoms with Crippen LogP contribution in [0.4, 0.5) is 0 Å². The van der Waals surface area contributed by atoms with E-state index in [0.29, 0.717) is 6.10 Å². The molecule has 0 N–H and O–H groups in total. The summed E-state index contributed by atoms with van der Waals surface area (Å²) in [6, 6.07) is 10.8. The van der Waals surface area contributed by atoms with Gasteiger partial charge < -0.3 is 4.74 Å². The lowest BCUT2D eigenvalue weighted by molar-refractivity contribution is -0.146. The molecule has 2 fully saturated rings. The van der Waals surface area contributed by atoms with Crippen molar-refractivity contribution in [3.63, 3.8) is 0 Å². The molecule has 1 saturated heterocycles. The second-order valence-corrected chi connectivity index (χ2v) is 5.97. The highest BCUT2D eigenvalue weighted by Gasteiger charge is 2.41. The Morgan fingerprint density at radius 2 is 1.94 bits per heavy atom. The van der Waals surface area contributed by atoms with Gasteiger partial charge in [0.2, 0.25) is 0 Å². The molecular weight excluding hydrogens is 222 g/mol. The van der Waals surface area contributed by atoms with Crippen molar-refractivity contribution in [1.82, 2.24) is 4.90 Å². The van der Waals surface area contributed by atoms with Crippen molar-refractivity contribution in [2.45, 2.75) is 50.9 Å². The summed E-state index contributed by atoms with van der Waals surface area (Å²) < 4.78 is 6.26. The lowest BCUT2D eigenvalue weighted by Crippen LogP contribution is -2.53. The number of nitrogens with zero attached hydrogens (tertiary/aromatic N) is 1. The van der Waals surface area contributed by atoms with E-state index in [1.807, 2.05) is 0 Å². The van der Waals surface area contributed by atoms with E-state index in [1.165, 1.54) is 31.2 Å². The molecule has 3 rings (SSSR count). The maximum atomic E-state index is 6.26. The molecular formula is C16H23NO. The average molecular weight is 245 g/mol. The first kappa shape index (κ1) is 12.2. The molecule has 1 aliphatic heterocycles. The van der Waals surface area contributed by atoms with Crippen molar-refractivity contribution >= 4 is 0 Å². The Morgan fingerprint density at radius 1 is 1.22 bits per heavy atom. The van der Waals surface area contributed by atoms with Crippen LogP contribution in [0.25, 0.3) is 0 Å². The third-order valence-electron chi connectivity index (χ3n) is 4.24. The molecule has 2 heteroatoms. The summed E-state index contributed by atoms with van der Waals surface area (Å²) >= 11 is 0. The van der Waals surface area contributed by atoms with E-state index in [4.69, 9.17) is 4.74 Å². The Hall–Kier alpha value is -0.860. The number of benzene rings is 1. The summed E-state index contributed by atoms with van der Waals surface area (Å²) in [4.78, 5) is 2.58. The van der Waals surface area contributed by atoms with E-state index >= 15 is 0 Å². The van der Waals surface area contributed by atoms with Gasteiger partial charge in [-0.05, 0) is 25.3 Å². The Bertz CT molecular complexity index is 383. The lowest BCUT2D eigenvalue weighted by Gasteiger charge is -2.44. The number of ether oxygens (including phenoxy) is 1. The van der Waals surface area contributed by atoms with Crippen molar-refractivity contribution in [3.05, 3.63) is 35.9 Å². The lowest BCUT2D eigenvalue weighted by atomic mass is 9.98. The van der Waals surface area contributed by atoms with Crippen molar-refractivity contribution < 1.29 is 4.74 Å². The summed E-state index contributed by atoms with van der Waals surface area (Å²) in [6.07, 6.45) is 5.56. The normalized spacial score (nSPS) is 27.7. The Morgan fingerprint density at radius 3 is 2.67 bits per heavy atom. The highest BCUT2D eigenvalue weighted by atomic mass is 16.5. The van der Waals surface area contributed by atoms with Crippen LogP contribution in [0.5, 0.6) is 0 Å². The summed E-state index contributed by atoms with van der Waals surface area (Å²) in [6.45, 7) is 5.47. The minimum atomic E-state index is 0.173. The zero-order valence-corrected chi connectivity index (χ0v) is 11.3. The summed E-state index contributed by atoms with van der Waals surface area (Å²) in [5.74, 6) is 0. The van der Waals surface area contributed by atoms with Gasteiger partial charge in [-0.15, -0.1) is 0 Å². The van der Waals surface area contributed by atoms with Gasteiger partial charge in [0, 0.05) is 19.6 Å². The third-order valence-corrected chi connectivity index (χ3v) is 4.24. The van der Waals surface area contributed by atoms with Crippen LogP contribution in [0.1, 0.15) is 38.2 Å². The Kier molecular flexibility index (Phi) is 3.40. The Balaban J connectivity index is 1.69. The monoisotopic (exact) mass is 245 g/mol. The van der Waals surface area contributed by atoms with Crippen LogP contribution in [0, 0.1) is 0 Å². The molecule has 1 heterocycles. The predicted octanol–water partition coefficient (Wildman–Crippen LogP) is 3.22. The third kappa shape index (κ3) is 2.60. The van der Waals surface area contributed by atoms with E-state index in [9.17, 15) is 0 Å². The molecule has 98 valence electrons. The molecule has 1 aromatic rings. The highest BCUT2D eigenvalue weighted by Crippen LogP contribution is 2.37. The fraction of sp³-hybridized carbons (Fsp3) is 0.625. The van der Waals surface area contributed by atoms with Crippen LogP contribution < -0.4 is 0 Å². The number of hydrogen-bond donors (Lipinski definition) is 0. The van der Waals surface area contributed by atoms with Crippen LogP contribution in [-0.4, -0.2) is 29.7 Å². The van der Waals surface area contributed by atoms with E-state index in [2.05, 4.69) is 42.2 Å². The van der Waals surface area contributed by atoms with Gasteiger partial charge in [0.05, 0.1) is 11.7 Å². The van der Waals surface area contributed by atoms with Gasteiger partial charge >= 0.3 is 0 Å². The minimum absolute atomic E-state index is 0.173. The molecule has 1 atom stereocenters. The number of rotatable bonds is 2. The summed E-state index contributed by atoms with van der Waals surface area (Å²) in [5.41, 5.74) is 1.59. The SMILES string of the molecule is C[C@@H]1CN(Cc2ccccc2)CC2(CCCC2)O1. The standard InChI is InChI=1S/C16H23NO/c1-14-11-17(12-15-7-3-2-4-8-15)13-16(18-14)9-5-6-10-16/h2-4,7-8,14H,5-6,9-13H2,1H3/t14-/m1/s1. The molecule has 1 aromatic carbocycles. The molecule has 1 saturated carbocycles. The van der Waals surface area contributed by atoms with Gasteiger partial charge in [-0.1, -0.05) is 43.2 Å². The van der Waals surface area contributed by atoms with E-state index < -0.39 is 0 Å². The summed E-state index contributed by atoms with van der Waals surface area (Å²) in [5, 5.41) is 0. The van der Waals surface area contributed by atoms with Gasteiger partial charge in [0.1, 0.15) is 0 Å². The second-order valence-electron chi connectivity index (χ2n) is 5.97. The van der Waals surface area contributed by atoms with Gasteiger partial charge in [-0.3, -0.25) is 4.90 Å². The molecule has 0 radical (unpaired) electrons. The Labute approximate surface area is 110 Å². The molecule has 18 heavy (non-hydrogen) atoms.